The van der Waals surface area contributed by atoms with Crippen LogP contribution in [0.15, 0.2) is 90.1 Å². The number of nitrogens with one attached hydrogen (secondary N) is 2. The van der Waals surface area contributed by atoms with Crippen molar-refractivity contribution in [2.45, 2.75) is 30.4 Å². The van der Waals surface area contributed by atoms with Crippen LogP contribution in [0.1, 0.15) is 23.2 Å². The minimum absolute atomic E-state index is 0.0377. The van der Waals surface area contributed by atoms with Crippen LogP contribution in [0.25, 0.3) is 16.6 Å². The number of aromatic nitrogens is 2. The number of pyridine rings is 2. The van der Waals surface area contributed by atoms with E-state index in [2.05, 4.69) is 15.4 Å². The molecular formula is C28H26N4O6S. The van der Waals surface area contributed by atoms with Crippen LogP contribution in [0, 0.1) is 6.92 Å². The van der Waals surface area contributed by atoms with Crippen molar-refractivity contribution in [2.75, 3.05) is 5.75 Å². The van der Waals surface area contributed by atoms with E-state index in [0.29, 0.717) is 17.0 Å². The van der Waals surface area contributed by atoms with Gasteiger partial charge in [0.25, 0.3) is 0 Å². The quantitative estimate of drug-likeness (QED) is 0.213. The molecule has 0 spiro atoms. The number of benzene rings is 2. The zero-order valence-electron chi connectivity index (χ0n) is 21.0. The van der Waals surface area contributed by atoms with Crippen LogP contribution in [0.5, 0.6) is 5.75 Å². The number of hydroxylamine groups is 2. The molecule has 1 atom stereocenters. The molecule has 0 saturated carbocycles. The van der Waals surface area contributed by atoms with Crippen LogP contribution in [0.3, 0.4) is 0 Å². The molecule has 1 aliphatic heterocycles. The number of aryl methyl sites for hydroxylation is 1. The van der Waals surface area contributed by atoms with E-state index in [-0.39, 0.29) is 11.5 Å². The Morgan fingerprint density at radius 1 is 1.13 bits per heavy atom. The number of hydrogen-bond acceptors (Lipinski definition) is 9. The van der Waals surface area contributed by atoms with Gasteiger partial charge in [-0.1, -0.05) is 18.2 Å². The van der Waals surface area contributed by atoms with Gasteiger partial charge in [-0.05, 0) is 61.5 Å². The van der Waals surface area contributed by atoms with Gasteiger partial charge in [-0.25, -0.2) is 13.9 Å². The molecule has 1 aliphatic rings. The fourth-order valence-corrected chi connectivity index (χ4v) is 6.09. The second kappa shape index (κ2) is 10.8. The lowest BCUT2D eigenvalue weighted by Gasteiger charge is -2.24. The third kappa shape index (κ3) is 5.90. The summed E-state index contributed by atoms with van der Waals surface area (Å²) in [5.41, 5.74) is 6.52. The minimum Gasteiger partial charge on any atom is -0.489 e. The van der Waals surface area contributed by atoms with Crippen LogP contribution in [-0.4, -0.2) is 40.9 Å². The maximum atomic E-state index is 13.4. The maximum absolute atomic E-state index is 13.4. The number of nitrogens with zero attached hydrogens (tertiary/aromatic N) is 2. The molecule has 2 aromatic heterocycles. The van der Waals surface area contributed by atoms with Crippen molar-refractivity contribution in [3.63, 3.8) is 0 Å². The molecule has 11 heteroatoms. The molecule has 3 N–H and O–H groups in total. The monoisotopic (exact) mass is 546 g/mol. The second-order valence-electron chi connectivity index (χ2n) is 9.24. The van der Waals surface area contributed by atoms with E-state index in [1.165, 1.54) is 18.2 Å². The number of ether oxygens (including phenoxy) is 1. The average Bonchev–Trinajstić information content (AvgIpc) is 3.34. The Morgan fingerprint density at radius 2 is 1.92 bits per heavy atom. The van der Waals surface area contributed by atoms with Crippen molar-refractivity contribution < 1.29 is 28.0 Å². The van der Waals surface area contributed by atoms with Crippen molar-refractivity contribution in [3.05, 3.63) is 102 Å². The van der Waals surface area contributed by atoms with Crippen LogP contribution in [0.4, 0.5) is 0 Å². The van der Waals surface area contributed by atoms with Gasteiger partial charge in [0.05, 0.1) is 28.3 Å². The highest BCUT2D eigenvalue weighted by Crippen LogP contribution is 2.32. The van der Waals surface area contributed by atoms with E-state index in [0.717, 1.165) is 22.2 Å². The number of amides is 1. The molecule has 0 bridgehead atoms. The molecule has 0 aliphatic carbocycles. The van der Waals surface area contributed by atoms with E-state index in [1.807, 2.05) is 37.3 Å². The van der Waals surface area contributed by atoms with Gasteiger partial charge in [-0.3, -0.25) is 30.3 Å². The van der Waals surface area contributed by atoms with E-state index in [1.54, 1.807) is 42.1 Å². The first-order chi connectivity index (χ1) is 18.8. The Hall–Kier alpha value is -4.32. The lowest BCUT2D eigenvalue weighted by molar-refractivity contribution is -0.135. The molecule has 0 radical (unpaired) electrons. The van der Waals surface area contributed by atoms with E-state index >= 15 is 0 Å². The normalized spacial score (nSPS) is 16.9. The predicted molar refractivity (Wildman–Crippen MR) is 143 cm³/mol. The van der Waals surface area contributed by atoms with Gasteiger partial charge in [-0.2, -0.15) is 0 Å². The zero-order chi connectivity index (χ0) is 27.5. The Balaban J connectivity index is 1.34. The maximum Gasteiger partial charge on any atom is 0.246 e. The summed E-state index contributed by atoms with van der Waals surface area (Å²) in [6.45, 7) is 2.21. The summed E-state index contributed by atoms with van der Waals surface area (Å²) in [5.74, 6) is -0.843. The molecule has 10 nitrogen and oxygen atoms in total. The third-order valence-electron chi connectivity index (χ3n) is 6.27. The van der Waals surface area contributed by atoms with E-state index in [4.69, 9.17) is 14.8 Å². The predicted octanol–water partition coefficient (Wildman–Crippen LogP) is 3.50. The van der Waals surface area contributed by atoms with Crippen molar-refractivity contribution in [1.82, 2.24) is 20.9 Å². The van der Waals surface area contributed by atoms with Gasteiger partial charge in [-0.15, -0.1) is 0 Å². The topological polar surface area (TPSA) is 140 Å². The Morgan fingerprint density at radius 3 is 2.67 bits per heavy atom. The molecule has 39 heavy (non-hydrogen) atoms. The molecule has 0 saturated heterocycles. The summed E-state index contributed by atoms with van der Waals surface area (Å²) < 4.78 is 32.7. The van der Waals surface area contributed by atoms with Crippen molar-refractivity contribution in [2.24, 2.45) is 0 Å². The summed E-state index contributed by atoms with van der Waals surface area (Å²) >= 11 is 0. The zero-order valence-corrected chi connectivity index (χ0v) is 21.8. The molecule has 3 heterocycles. The number of carbonyl (C=O) groups is 1. The van der Waals surface area contributed by atoms with Crippen molar-refractivity contribution in [1.29, 1.82) is 0 Å². The highest BCUT2D eigenvalue weighted by Gasteiger charge is 2.42. The van der Waals surface area contributed by atoms with E-state index < -0.39 is 33.5 Å². The average molecular weight is 547 g/mol. The number of fused-ring (bicyclic) bond motifs is 1. The number of carbonyl (C=O) groups excluding carboxylic acids is 1. The fourth-order valence-electron chi connectivity index (χ4n) is 4.49. The van der Waals surface area contributed by atoms with Gasteiger partial charge in [0.15, 0.2) is 9.84 Å². The van der Waals surface area contributed by atoms with Crippen LogP contribution < -0.4 is 15.7 Å². The molecule has 5 rings (SSSR count). The summed E-state index contributed by atoms with van der Waals surface area (Å²) in [7, 11) is -3.93. The Labute approximate surface area is 225 Å². The Kier molecular flexibility index (Phi) is 7.29. The van der Waals surface area contributed by atoms with Crippen LogP contribution >= 0.6 is 0 Å². The summed E-state index contributed by atoms with van der Waals surface area (Å²) in [6, 6.07) is 19.3. The largest absolute Gasteiger partial charge is 0.489 e. The molecule has 2 aromatic carbocycles. The number of hydrogen-bond donors (Lipinski definition) is 3. The molecular weight excluding hydrogens is 520 g/mol. The molecule has 1 amide bonds. The van der Waals surface area contributed by atoms with Crippen molar-refractivity contribution in [3.8, 4) is 5.75 Å². The summed E-state index contributed by atoms with van der Waals surface area (Å²) in [6.07, 6.45) is 4.27. The molecule has 4 aromatic rings. The van der Waals surface area contributed by atoms with Gasteiger partial charge >= 0.3 is 0 Å². The summed E-state index contributed by atoms with van der Waals surface area (Å²) in [5, 5.41) is 10.1. The molecule has 200 valence electrons. The number of sulfone groups is 1. The molecule has 0 fully saturated rings. The Bertz CT molecular complexity index is 1640. The highest BCUT2D eigenvalue weighted by molar-refractivity contribution is 7.91. The first-order valence-electron chi connectivity index (χ1n) is 12.1. The van der Waals surface area contributed by atoms with Crippen LogP contribution in [0.2, 0.25) is 0 Å². The first-order valence-corrected chi connectivity index (χ1v) is 13.7. The smallest absolute Gasteiger partial charge is 0.246 e. The number of rotatable bonds is 9. The minimum atomic E-state index is -3.93. The van der Waals surface area contributed by atoms with Crippen LogP contribution in [-0.2, 0) is 26.1 Å². The summed E-state index contributed by atoms with van der Waals surface area (Å²) in [4.78, 5) is 26.3. The SMILES string of the molecule is Cc1cc(COc2ccc(S(=O)(=O)CC3(CC(=O)NO)C=C(c4cccnc4)NO3)cc2)c2ccccc2n1. The van der Waals surface area contributed by atoms with Gasteiger partial charge < -0.3 is 4.74 Å². The lowest BCUT2D eigenvalue weighted by atomic mass is 9.99. The third-order valence-corrected chi connectivity index (χ3v) is 8.13. The van der Waals surface area contributed by atoms with E-state index in [9.17, 15) is 13.2 Å². The van der Waals surface area contributed by atoms with Gasteiger partial charge in [0, 0.05) is 34.6 Å². The van der Waals surface area contributed by atoms with Gasteiger partial charge in [0.1, 0.15) is 18.0 Å². The lowest BCUT2D eigenvalue weighted by Crippen LogP contribution is -2.42. The second-order valence-corrected chi connectivity index (χ2v) is 11.2. The fraction of sp³-hybridized carbons (Fsp3) is 0.179. The number of para-hydroxylation sites is 1. The van der Waals surface area contributed by atoms with Crippen molar-refractivity contribution >= 4 is 32.3 Å². The first kappa shape index (κ1) is 26.3. The highest BCUT2D eigenvalue weighted by atomic mass is 32.2. The van der Waals surface area contributed by atoms with Gasteiger partial charge in [0.2, 0.25) is 5.91 Å². The molecule has 1 unspecified atom stereocenters. The standard InChI is InChI=1S/C28H26N4O6S/c1-19-13-21(24-6-2-3-7-25(24)30-19)17-37-22-8-10-23(11-9-22)39(35,36)18-28(15-27(33)31-34)14-26(32-38-28)20-5-4-12-29-16-20/h2-14,16,32,34H,15,17-18H2,1H3,(H,31,33).